The zero-order valence-corrected chi connectivity index (χ0v) is 17.6. The van der Waals surface area contributed by atoms with Gasteiger partial charge in [0, 0.05) is 49.3 Å². The lowest BCUT2D eigenvalue weighted by Crippen LogP contribution is -2.45. The van der Waals surface area contributed by atoms with Gasteiger partial charge in [-0.15, -0.1) is 0 Å². The molecule has 2 heterocycles. The number of anilines is 1. The van der Waals surface area contributed by atoms with Crippen LogP contribution in [-0.2, 0) is 6.54 Å². The highest BCUT2D eigenvalue weighted by molar-refractivity contribution is 5.99. The van der Waals surface area contributed by atoms with Crippen molar-refractivity contribution in [1.29, 1.82) is 0 Å². The molecule has 1 fully saturated rings. The van der Waals surface area contributed by atoms with Crippen molar-refractivity contribution >= 4 is 17.5 Å². The smallest absolute Gasteiger partial charge is 0.253 e. The van der Waals surface area contributed by atoms with E-state index in [1.165, 1.54) is 24.3 Å². The Morgan fingerprint density at radius 3 is 2.44 bits per heavy atom. The fourth-order valence-corrected chi connectivity index (χ4v) is 3.86. The lowest BCUT2D eigenvalue weighted by molar-refractivity contribution is 0.0929. The largest absolute Gasteiger partial charge is 0.371 e. The Balaban J connectivity index is 1.35. The third kappa shape index (κ3) is 5.29. The number of benzene rings is 2. The van der Waals surface area contributed by atoms with Gasteiger partial charge in [0.1, 0.15) is 5.82 Å². The Hall–Kier alpha value is -3.74. The zero-order valence-electron chi connectivity index (χ0n) is 17.6. The number of nitrogens with one attached hydrogen (secondary N) is 2. The summed E-state index contributed by atoms with van der Waals surface area (Å²) in [6, 6.07) is 16.9. The fraction of sp³-hybridized carbons (Fsp3) is 0.240. The van der Waals surface area contributed by atoms with Crippen LogP contribution in [0.2, 0.25) is 0 Å². The van der Waals surface area contributed by atoms with E-state index in [4.69, 9.17) is 0 Å². The molecule has 2 aromatic carbocycles. The molecule has 0 aliphatic carbocycles. The third-order valence-electron chi connectivity index (χ3n) is 5.60. The standard InChI is InChI=1S/C25H25FN4O2/c26-20-9-7-19(8-10-20)24(31)29-21-11-14-30(15-12-21)23-6-2-1-5-22(23)25(32)28-17-18-4-3-13-27-16-18/h1-10,13,16,21H,11-12,14-15,17H2,(H,28,32)(H,29,31). The fourth-order valence-electron chi connectivity index (χ4n) is 3.86. The van der Waals surface area contributed by atoms with E-state index in [1.807, 2.05) is 36.4 Å². The molecule has 0 radical (unpaired) electrons. The van der Waals surface area contributed by atoms with Crippen molar-refractivity contribution < 1.29 is 14.0 Å². The number of pyridine rings is 1. The summed E-state index contributed by atoms with van der Waals surface area (Å²) in [7, 11) is 0. The number of aromatic nitrogens is 1. The molecule has 4 rings (SSSR count). The highest BCUT2D eigenvalue weighted by Crippen LogP contribution is 2.24. The van der Waals surface area contributed by atoms with Gasteiger partial charge in [0.25, 0.3) is 11.8 Å². The second kappa shape index (κ2) is 10.0. The van der Waals surface area contributed by atoms with Crippen LogP contribution in [0.5, 0.6) is 0 Å². The molecule has 0 bridgehead atoms. The molecule has 32 heavy (non-hydrogen) atoms. The number of hydrogen-bond acceptors (Lipinski definition) is 4. The molecule has 3 aromatic rings. The van der Waals surface area contributed by atoms with E-state index in [2.05, 4.69) is 20.5 Å². The quantitative estimate of drug-likeness (QED) is 0.625. The van der Waals surface area contributed by atoms with E-state index in [0.29, 0.717) is 17.7 Å². The number of nitrogens with zero attached hydrogens (tertiary/aromatic N) is 2. The Labute approximate surface area is 186 Å². The number of hydrogen-bond donors (Lipinski definition) is 2. The maximum atomic E-state index is 13.1. The number of carbonyl (C=O) groups excluding carboxylic acids is 2. The number of carbonyl (C=O) groups is 2. The Morgan fingerprint density at radius 2 is 1.72 bits per heavy atom. The van der Waals surface area contributed by atoms with Crippen molar-refractivity contribution in [2.45, 2.75) is 25.4 Å². The van der Waals surface area contributed by atoms with Crippen LogP contribution in [0.3, 0.4) is 0 Å². The van der Waals surface area contributed by atoms with E-state index in [-0.39, 0.29) is 23.7 Å². The average molecular weight is 432 g/mol. The summed E-state index contributed by atoms with van der Waals surface area (Å²) >= 11 is 0. The second-order valence-corrected chi connectivity index (χ2v) is 7.80. The van der Waals surface area contributed by atoms with Crippen molar-refractivity contribution in [2.24, 2.45) is 0 Å². The van der Waals surface area contributed by atoms with Crippen molar-refractivity contribution in [2.75, 3.05) is 18.0 Å². The molecule has 0 spiro atoms. The third-order valence-corrected chi connectivity index (χ3v) is 5.60. The van der Waals surface area contributed by atoms with Crippen LogP contribution < -0.4 is 15.5 Å². The zero-order chi connectivity index (χ0) is 22.3. The molecule has 1 saturated heterocycles. The first kappa shape index (κ1) is 21.5. The maximum Gasteiger partial charge on any atom is 0.253 e. The van der Waals surface area contributed by atoms with Gasteiger partial charge in [-0.1, -0.05) is 18.2 Å². The number of rotatable bonds is 6. The van der Waals surface area contributed by atoms with Gasteiger partial charge in [-0.2, -0.15) is 0 Å². The van der Waals surface area contributed by atoms with Crippen LogP contribution in [0.1, 0.15) is 39.1 Å². The minimum absolute atomic E-state index is 0.0374. The summed E-state index contributed by atoms with van der Waals surface area (Å²) in [6.45, 7) is 1.86. The van der Waals surface area contributed by atoms with Crippen LogP contribution in [0.25, 0.3) is 0 Å². The molecule has 164 valence electrons. The van der Waals surface area contributed by atoms with E-state index < -0.39 is 0 Å². The lowest BCUT2D eigenvalue weighted by atomic mass is 10.0. The summed E-state index contributed by atoms with van der Waals surface area (Å²) in [5.41, 5.74) is 2.91. The normalized spacial score (nSPS) is 14.1. The van der Waals surface area contributed by atoms with Gasteiger partial charge < -0.3 is 15.5 Å². The second-order valence-electron chi connectivity index (χ2n) is 7.80. The highest BCUT2D eigenvalue weighted by atomic mass is 19.1. The molecule has 1 aromatic heterocycles. The minimum atomic E-state index is -0.363. The molecule has 2 N–H and O–H groups in total. The van der Waals surface area contributed by atoms with Crippen LogP contribution >= 0.6 is 0 Å². The molecule has 1 aliphatic rings. The number of halogens is 1. The molecule has 0 unspecified atom stereocenters. The SMILES string of the molecule is O=C(NC1CCN(c2ccccc2C(=O)NCc2cccnc2)CC1)c1ccc(F)cc1. The monoisotopic (exact) mass is 432 g/mol. The van der Waals surface area contributed by atoms with Crippen LogP contribution in [0.4, 0.5) is 10.1 Å². The molecule has 7 heteroatoms. The molecule has 6 nitrogen and oxygen atoms in total. The molecule has 1 aliphatic heterocycles. The predicted molar refractivity (Wildman–Crippen MR) is 121 cm³/mol. The lowest BCUT2D eigenvalue weighted by Gasteiger charge is -2.35. The first-order chi connectivity index (χ1) is 15.6. The van der Waals surface area contributed by atoms with Crippen molar-refractivity contribution in [3.05, 3.63) is 95.6 Å². The molecule has 2 amide bonds. The summed E-state index contributed by atoms with van der Waals surface area (Å²) in [5.74, 6) is -0.687. The summed E-state index contributed by atoms with van der Waals surface area (Å²) in [6.07, 6.45) is 4.96. The topological polar surface area (TPSA) is 74.3 Å². The van der Waals surface area contributed by atoms with E-state index in [9.17, 15) is 14.0 Å². The maximum absolute atomic E-state index is 13.1. The van der Waals surface area contributed by atoms with E-state index in [0.717, 1.165) is 37.2 Å². The van der Waals surface area contributed by atoms with Crippen LogP contribution in [0, 0.1) is 5.82 Å². The molecular formula is C25H25FN4O2. The molecular weight excluding hydrogens is 407 g/mol. The van der Waals surface area contributed by atoms with Gasteiger partial charge in [-0.25, -0.2) is 4.39 Å². The molecule has 0 saturated carbocycles. The first-order valence-electron chi connectivity index (χ1n) is 10.7. The first-order valence-corrected chi connectivity index (χ1v) is 10.7. The Kier molecular flexibility index (Phi) is 6.75. The molecule has 0 atom stereocenters. The number of piperidine rings is 1. The van der Waals surface area contributed by atoms with Gasteiger partial charge in [0.05, 0.1) is 5.56 Å². The summed E-state index contributed by atoms with van der Waals surface area (Å²) < 4.78 is 13.1. The van der Waals surface area contributed by atoms with Crippen molar-refractivity contribution in [1.82, 2.24) is 15.6 Å². The number of para-hydroxylation sites is 1. The van der Waals surface area contributed by atoms with Gasteiger partial charge in [-0.05, 0) is 60.9 Å². The number of amides is 2. The minimum Gasteiger partial charge on any atom is -0.371 e. The Morgan fingerprint density at radius 1 is 0.969 bits per heavy atom. The summed E-state index contributed by atoms with van der Waals surface area (Å²) in [5, 5.41) is 5.99. The van der Waals surface area contributed by atoms with Gasteiger partial charge in [0.2, 0.25) is 0 Å². The Bertz CT molecular complexity index is 1060. The van der Waals surface area contributed by atoms with E-state index in [1.54, 1.807) is 12.4 Å². The predicted octanol–water partition coefficient (Wildman–Crippen LogP) is 3.55. The van der Waals surface area contributed by atoms with Crippen molar-refractivity contribution in [3.63, 3.8) is 0 Å². The van der Waals surface area contributed by atoms with Gasteiger partial charge >= 0.3 is 0 Å². The van der Waals surface area contributed by atoms with Crippen LogP contribution in [-0.4, -0.2) is 35.9 Å². The van der Waals surface area contributed by atoms with Gasteiger partial charge in [0.15, 0.2) is 0 Å². The van der Waals surface area contributed by atoms with Crippen molar-refractivity contribution in [3.8, 4) is 0 Å². The van der Waals surface area contributed by atoms with Crippen LogP contribution in [0.15, 0.2) is 73.1 Å². The van der Waals surface area contributed by atoms with Gasteiger partial charge in [-0.3, -0.25) is 14.6 Å². The highest BCUT2D eigenvalue weighted by Gasteiger charge is 2.24. The van der Waals surface area contributed by atoms with E-state index >= 15 is 0 Å². The summed E-state index contributed by atoms with van der Waals surface area (Å²) in [4.78, 5) is 31.5. The average Bonchev–Trinajstić information content (AvgIpc) is 2.84.